The van der Waals surface area contributed by atoms with Gasteiger partial charge in [-0.15, -0.1) is 0 Å². The van der Waals surface area contributed by atoms with Crippen molar-refractivity contribution in [3.8, 4) is 0 Å². The maximum Gasteiger partial charge on any atom is 0.319 e. The highest BCUT2D eigenvalue weighted by atomic mass is 16.7. The Balaban J connectivity index is 1.29. The van der Waals surface area contributed by atoms with Crippen molar-refractivity contribution in [2.45, 2.75) is 38.4 Å². The zero-order valence-electron chi connectivity index (χ0n) is 22.2. The molecular formula is C29H36N6O4. The summed E-state index contributed by atoms with van der Waals surface area (Å²) in [6.07, 6.45) is 3.47. The predicted octanol–water partition coefficient (Wildman–Crippen LogP) is 3.48. The summed E-state index contributed by atoms with van der Waals surface area (Å²) in [5.74, 6) is 0.770. The molecule has 0 radical (unpaired) electrons. The zero-order chi connectivity index (χ0) is 27.0. The molecule has 2 aliphatic heterocycles. The van der Waals surface area contributed by atoms with Crippen LogP contribution in [0.4, 0.5) is 16.4 Å². The highest BCUT2D eigenvalue weighted by molar-refractivity contribution is 5.89. The molecule has 3 atom stereocenters. The Morgan fingerprint density at radius 1 is 1.00 bits per heavy atom. The summed E-state index contributed by atoms with van der Waals surface area (Å²) in [4.78, 5) is 25.5. The van der Waals surface area contributed by atoms with Crippen LogP contribution in [0.5, 0.6) is 0 Å². The maximum absolute atomic E-state index is 12.1. The summed E-state index contributed by atoms with van der Waals surface area (Å²) >= 11 is 0. The number of aliphatic hydroxyl groups excluding tert-OH is 1. The van der Waals surface area contributed by atoms with Gasteiger partial charge in [-0.05, 0) is 36.2 Å². The number of aliphatic hydroxyl groups is 1. The molecule has 0 unspecified atom stereocenters. The van der Waals surface area contributed by atoms with Gasteiger partial charge in [0.15, 0.2) is 6.29 Å². The number of aromatic nitrogens is 2. The normalized spacial score (nSPS) is 21.9. The molecular weight excluding hydrogens is 496 g/mol. The fourth-order valence-electron chi connectivity index (χ4n) is 5.00. The van der Waals surface area contributed by atoms with Crippen LogP contribution < -0.4 is 15.5 Å². The van der Waals surface area contributed by atoms with Crippen LogP contribution in [0.1, 0.15) is 42.4 Å². The average molecular weight is 533 g/mol. The van der Waals surface area contributed by atoms with E-state index < -0.39 is 6.29 Å². The number of hydrogen-bond acceptors (Lipinski definition) is 8. The number of carbonyl (C=O) groups excluding carboxylic acids is 1. The van der Waals surface area contributed by atoms with Crippen molar-refractivity contribution >= 4 is 17.7 Å². The molecule has 5 rings (SSSR count). The van der Waals surface area contributed by atoms with E-state index in [0.29, 0.717) is 18.7 Å². The van der Waals surface area contributed by atoms with Crippen molar-refractivity contribution in [3.63, 3.8) is 0 Å². The minimum Gasteiger partial charge on any atom is -0.392 e. The Bertz CT molecular complexity index is 1200. The van der Waals surface area contributed by atoms with Crippen LogP contribution in [0.15, 0.2) is 67.0 Å². The van der Waals surface area contributed by atoms with Gasteiger partial charge in [0.2, 0.25) is 5.95 Å². The topological polar surface area (TPSA) is 112 Å². The molecule has 0 aliphatic carbocycles. The number of benzene rings is 2. The molecule has 10 nitrogen and oxygen atoms in total. The minimum atomic E-state index is -0.582. The number of hydrogen-bond donors (Lipinski definition) is 3. The van der Waals surface area contributed by atoms with Crippen molar-refractivity contribution in [2.24, 2.45) is 0 Å². The molecule has 3 aromatic rings. The molecule has 2 aliphatic rings. The Morgan fingerprint density at radius 3 is 2.49 bits per heavy atom. The van der Waals surface area contributed by atoms with Crippen molar-refractivity contribution < 1.29 is 19.4 Å². The third-order valence-corrected chi connectivity index (χ3v) is 7.04. The second kappa shape index (κ2) is 13.0. The van der Waals surface area contributed by atoms with Gasteiger partial charge < -0.3 is 30.1 Å². The monoisotopic (exact) mass is 532 g/mol. The van der Waals surface area contributed by atoms with Gasteiger partial charge in [-0.3, -0.25) is 4.90 Å². The molecule has 3 N–H and O–H groups in total. The third kappa shape index (κ3) is 7.10. The lowest BCUT2D eigenvalue weighted by Crippen LogP contribution is -2.50. The quantitative estimate of drug-likeness (QED) is 0.404. The summed E-state index contributed by atoms with van der Waals surface area (Å²) in [6.45, 7) is 6.72. The molecule has 2 saturated heterocycles. The molecule has 2 amide bonds. The second-order valence-corrected chi connectivity index (χ2v) is 9.80. The maximum atomic E-state index is 12.1. The first-order valence-corrected chi connectivity index (χ1v) is 13.5. The van der Waals surface area contributed by atoms with E-state index in [4.69, 9.17) is 9.47 Å². The van der Waals surface area contributed by atoms with E-state index in [1.54, 1.807) is 12.4 Å². The molecule has 10 heteroatoms. The average Bonchev–Trinajstić information content (AvgIpc) is 2.98. The molecule has 206 valence electrons. The van der Waals surface area contributed by atoms with Crippen LogP contribution in [0.2, 0.25) is 0 Å². The molecule has 0 bridgehead atoms. The fourth-order valence-corrected chi connectivity index (χ4v) is 5.00. The molecule has 3 heterocycles. The SMILES string of the molecule is CCNC(=O)Nc1cccc([C@@H]2O[C@H](CN3CCN(c4ncccn4)CC3)C[C@H](c3ccc(CO)cc3)O2)c1. The lowest BCUT2D eigenvalue weighted by Gasteiger charge is -2.40. The highest BCUT2D eigenvalue weighted by Gasteiger charge is 2.34. The lowest BCUT2D eigenvalue weighted by atomic mass is 9.99. The van der Waals surface area contributed by atoms with Crippen molar-refractivity contribution in [3.05, 3.63) is 83.7 Å². The van der Waals surface area contributed by atoms with E-state index in [1.165, 1.54) is 0 Å². The van der Waals surface area contributed by atoms with Gasteiger partial charge in [-0.25, -0.2) is 14.8 Å². The van der Waals surface area contributed by atoms with Crippen molar-refractivity contribution in [2.75, 3.05) is 49.5 Å². The zero-order valence-corrected chi connectivity index (χ0v) is 22.2. The largest absolute Gasteiger partial charge is 0.392 e. The second-order valence-electron chi connectivity index (χ2n) is 9.80. The summed E-state index contributed by atoms with van der Waals surface area (Å²) < 4.78 is 13.0. The molecule has 2 fully saturated rings. The third-order valence-electron chi connectivity index (χ3n) is 7.04. The Morgan fingerprint density at radius 2 is 1.77 bits per heavy atom. The van der Waals surface area contributed by atoms with Gasteiger partial charge in [0, 0.05) is 69.3 Å². The van der Waals surface area contributed by atoms with Crippen LogP contribution in [-0.2, 0) is 16.1 Å². The molecule has 39 heavy (non-hydrogen) atoms. The number of rotatable bonds is 8. The summed E-state index contributed by atoms with van der Waals surface area (Å²) in [7, 11) is 0. The van der Waals surface area contributed by atoms with E-state index in [2.05, 4.69) is 30.4 Å². The number of nitrogens with one attached hydrogen (secondary N) is 2. The van der Waals surface area contributed by atoms with E-state index in [-0.39, 0.29) is 24.8 Å². The molecule has 2 aromatic carbocycles. The number of urea groups is 1. The lowest BCUT2D eigenvalue weighted by molar-refractivity contribution is -0.253. The van der Waals surface area contributed by atoms with Crippen molar-refractivity contribution in [1.82, 2.24) is 20.2 Å². The van der Waals surface area contributed by atoms with Crippen LogP contribution >= 0.6 is 0 Å². The van der Waals surface area contributed by atoms with Crippen molar-refractivity contribution in [1.29, 1.82) is 0 Å². The Kier molecular flexibility index (Phi) is 9.00. The summed E-state index contributed by atoms with van der Waals surface area (Å²) in [5.41, 5.74) is 3.43. The van der Waals surface area contributed by atoms with Gasteiger partial charge in [0.25, 0.3) is 0 Å². The number of amides is 2. The predicted molar refractivity (Wildman–Crippen MR) is 148 cm³/mol. The highest BCUT2D eigenvalue weighted by Crippen LogP contribution is 2.38. The number of ether oxygens (including phenoxy) is 2. The molecule has 0 saturated carbocycles. The first kappa shape index (κ1) is 27.0. The summed E-state index contributed by atoms with van der Waals surface area (Å²) in [6, 6.07) is 17.1. The van der Waals surface area contributed by atoms with Crippen LogP contribution in [0.3, 0.4) is 0 Å². The van der Waals surface area contributed by atoms with Gasteiger partial charge in [0.05, 0.1) is 18.8 Å². The van der Waals surface area contributed by atoms with E-state index in [1.807, 2.05) is 61.5 Å². The van der Waals surface area contributed by atoms with E-state index in [0.717, 1.165) is 55.4 Å². The fraction of sp³-hybridized carbons (Fsp3) is 0.414. The van der Waals surface area contributed by atoms with Crippen LogP contribution in [-0.4, -0.2) is 71.4 Å². The van der Waals surface area contributed by atoms with Gasteiger partial charge >= 0.3 is 6.03 Å². The van der Waals surface area contributed by atoms with Gasteiger partial charge in [0.1, 0.15) is 0 Å². The Hall–Kier alpha value is -3.57. The first-order chi connectivity index (χ1) is 19.1. The van der Waals surface area contributed by atoms with Crippen LogP contribution in [0.25, 0.3) is 0 Å². The number of carbonyl (C=O) groups is 1. The standard InChI is InChI=1S/C29H36N6O4/c1-2-30-29(37)33-24-6-3-5-23(17-24)27-38-25(18-26(39-27)22-9-7-21(20-36)8-10-22)19-34-13-15-35(16-14-34)28-31-11-4-12-32-28/h3-12,17,25-27,36H,2,13-16,18-20H2,1H3,(H2,30,33,37)/t25-,26+,27+/m0/s1. The number of nitrogens with zero attached hydrogens (tertiary/aromatic N) is 4. The van der Waals surface area contributed by atoms with E-state index in [9.17, 15) is 9.90 Å². The first-order valence-electron chi connectivity index (χ1n) is 13.5. The Labute approximate surface area is 229 Å². The number of piperazine rings is 1. The van der Waals surface area contributed by atoms with Gasteiger partial charge in [-0.2, -0.15) is 0 Å². The summed E-state index contributed by atoms with van der Waals surface area (Å²) in [5, 5.41) is 15.1. The van der Waals surface area contributed by atoms with Crippen LogP contribution in [0, 0.1) is 0 Å². The molecule has 0 spiro atoms. The molecule has 1 aromatic heterocycles. The van der Waals surface area contributed by atoms with E-state index >= 15 is 0 Å². The smallest absolute Gasteiger partial charge is 0.319 e. The van der Waals surface area contributed by atoms with Gasteiger partial charge in [-0.1, -0.05) is 36.4 Å². The number of anilines is 2. The minimum absolute atomic E-state index is 0.00552.